The maximum absolute atomic E-state index is 12.0. The van der Waals surface area contributed by atoms with Crippen LogP contribution < -0.4 is 10.6 Å². The van der Waals surface area contributed by atoms with Crippen molar-refractivity contribution in [2.24, 2.45) is 0 Å². The smallest absolute Gasteiger partial charge is 0.287 e. The van der Waals surface area contributed by atoms with Crippen molar-refractivity contribution in [3.05, 3.63) is 58.0 Å². The predicted octanol–water partition coefficient (Wildman–Crippen LogP) is 1.84. The third-order valence-corrected chi connectivity index (χ3v) is 5.12. The number of hydrogen-bond acceptors (Lipinski definition) is 5. The fraction of sp³-hybridized carbons (Fsp3) is 0.400. The van der Waals surface area contributed by atoms with Crippen LogP contribution in [0.3, 0.4) is 0 Å². The van der Waals surface area contributed by atoms with Gasteiger partial charge in [-0.25, -0.2) is 0 Å². The average molecular weight is 449 g/mol. The molecule has 1 aliphatic rings. The molecule has 0 unspecified atom stereocenters. The first kappa shape index (κ1) is 20.6. The van der Waals surface area contributed by atoms with Crippen molar-refractivity contribution in [3.63, 3.8) is 0 Å². The van der Waals surface area contributed by atoms with E-state index in [4.69, 9.17) is 4.42 Å². The van der Waals surface area contributed by atoms with E-state index in [1.54, 1.807) is 12.1 Å². The van der Waals surface area contributed by atoms with Gasteiger partial charge in [-0.15, -0.1) is 0 Å². The highest BCUT2D eigenvalue weighted by molar-refractivity contribution is 9.10. The summed E-state index contributed by atoms with van der Waals surface area (Å²) in [5.74, 6) is -0.505. The van der Waals surface area contributed by atoms with E-state index in [2.05, 4.69) is 55.5 Å². The maximum Gasteiger partial charge on any atom is 0.287 e. The zero-order valence-electron chi connectivity index (χ0n) is 15.9. The molecule has 1 aromatic heterocycles. The average Bonchev–Trinajstić information content (AvgIpc) is 3.13. The number of likely N-dealkylation sites (N-methyl/N-ethyl adjacent to an activating group) is 1. The number of nitrogens with one attached hydrogen (secondary N) is 2. The van der Waals surface area contributed by atoms with Crippen LogP contribution in [0.5, 0.6) is 0 Å². The molecule has 1 saturated heterocycles. The van der Waals surface area contributed by atoms with Crippen molar-refractivity contribution >= 4 is 27.7 Å². The molecule has 0 atom stereocenters. The molecule has 2 aromatic rings. The molecule has 1 aromatic carbocycles. The molecule has 0 saturated carbocycles. The van der Waals surface area contributed by atoms with Gasteiger partial charge in [0.25, 0.3) is 5.91 Å². The Hall–Kier alpha value is -2.16. The Morgan fingerprint density at radius 3 is 2.54 bits per heavy atom. The summed E-state index contributed by atoms with van der Waals surface area (Å²) in [6, 6.07) is 11.4. The van der Waals surface area contributed by atoms with Crippen LogP contribution in [-0.4, -0.2) is 61.4 Å². The monoisotopic (exact) mass is 448 g/mol. The first-order chi connectivity index (χ1) is 13.5. The van der Waals surface area contributed by atoms with Crippen molar-refractivity contribution in [1.82, 2.24) is 20.4 Å². The first-order valence-electron chi connectivity index (χ1n) is 9.28. The molecule has 0 radical (unpaired) electrons. The highest BCUT2D eigenvalue weighted by Crippen LogP contribution is 2.13. The van der Waals surface area contributed by atoms with E-state index in [1.165, 1.54) is 5.56 Å². The van der Waals surface area contributed by atoms with E-state index < -0.39 is 5.91 Å². The lowest BCUT2D eigenvalue weighted by molar-refractivity contribution is -0.120. The van der Waals surface area contributed by atoms with Gasteiger partial charge >= 0.3 is 0 Å². The standard InChI is InChI=1S/C20H25BrN4O3/c1-24-7-9-25(10-8-24)14-16-4-2-3-15(11-16)12-22-19(26)13-23-20(27)17-5-6-18(21)28-17/h2-6,11H,7-10,12-14H2,1H3,(H,22,26)(H,23,27). The number of rotatable bonds is 7. The zero-order chi connectivity index (χ0) is 19.9. The minimum atomic E-state index is -0.421. The highest BCUT2D eigenvalue weighted by Gasteiger charge is 2.14. The van der Waals surface area contributed by atoms with Gasteiger partial charge in [0.15, 0.2) is 10.4 Å². The van der Waals surface area contributed by atoms with Crippen LogP contribution in [-0.2, 0) is 17.9 Å². The molecule has 0 bridgehead atoms. The highest BCUT2D eigenvalue weighted by atomic mass is 79.9. The summed E-state index contributed by atoms with van der Waals surface area (Å²) in [4.78, 5) is 28.7. The van der Waals surface area contributed by atoms with E-state index in [1.807, 2.05) is 12.1 Å². The van der Waals surface area contributed by atoms with Gasteiger partial charge in [-0.2, -0.15) is 0 Å². The summed E-state index contributed by atoms with van der Waals surface area (Å²) in [6.45, 7) is 5.58. The molecule has 1 aliphatic heterocycles. The minimum absolute atomic E-state index is 0.0991. The number of amides is 2. The van der Waals surface area contributed by atoms with Gasteiger partial charge in [-0.05, 0) is 46.2 Å². The predicted molar refractivity (Wildman–Crippen MR) is 110 cm³/mol. The normalized spacial score (nSPS) is 15.4. The molecule has 2 amide bonds. The number of carbonyl (C=O) groups excluding carboxylic acids is 2. The maximum atomic E-state index is 12.0. The van der Waals surface area contributed by atoms with Crippen LogP contribution in [0.1, 0.15) is 21.7 Å². The summed E-state index contributed by atoms with van der Waals surface area (Å²) in [5, 5.41) is 5.38. The van der Waals surface area contributed by atoms with Crippen LogP contribution in [0.15, 0.2) is 45.5 Å². The van der Waals surface area contributed by atoms with E-state index in [0.29, 0.717) is 11.2 Å². The number of nitrogens with zero attached hydrogens (tertiary/aromatic N) is 2. The summed E-state index contributed by atoms with van der Waals surface area (Å²) in [7, 11) is 2.15. The Bertz CT molecular complexity index is 815. The summed E-state index contributed by atoms with van der Waals surface area (Å²) in [6.07, 6.45) is 0. The SMILES string of the molecule is CN1CCN(Cc2cccc(CNC(=O)CNC(=O)c3ccc(Br)o3)c2)CC1. The van der Waals surface area contributed by atoms with Crippen molar-refractivity contribution in [1.29, 1.82) is 0 Å². The van der Waals surface area contributed by atoms with E-state index >= 15 is 0 Å². The second-order valence-corrected chi connectivity index (χ2v) is 7.74. The molecule has 2 heterocycles. The number of piperazine rings is 1. The Labute approximate surface area is 173 Å². The van der Waals surface area contributed by atoms with E-state index in [0.717, 1.165) is 38.3 Å². The Morgan fingerprint density at radius 1 is 1.07 bits per heavy atom. The van der Waals surface area contributed by atoms with Crippen molar-refractivity contribution < 1.29 is 14.0 Å². The molecule has 150 valence electrons. The topological polar surface area (TPSA) is 77.8 Å². The van der Waals surface area contributed by atoms with Crippen LogP contribution in [0.4, 0.5) is 0 Å². The molecule has 0 aliphatic carbocycles. The molecule has 0 spiro atoms. The summed E-state index contributed by atoms with van der Waals surface area (Å²) in [5.41, 5.74) is 2.29. The quantitative estimate of drug-likeness (QED) is 0.675. The van der Waals surface area contributed by atoms with Gasteiger partial charge in [-0.1, -0.05) is 24.3 Å². The van der Waals surface area contributed by atoms with Crippen LogP contribution in [0.2, 0.25) is 0 Å². The van der Waals surface area contributed by atoms with Crippen molar-refractivity contribution in [2.45, 2.75) is 13.1 Å². The Kier molecular flexibility index (Phi) is 7.24. The van der Waals surface area contributed by atoms with Crippen LogP contribution in [0, 0.1) is 0 Å². The second-order valence-electron chi connectivity index (χ2n) is 6.96. The van der Waals surface area contributed by atoms with Gasteiger partial charge in [0, 0.05) is 39.3 Å². The zero-order valence-corrected chi connectivity index (χ0v) is 17.5. The van der Waals surface area contributed by atoms with Crippen molar-refractivity contribution in [2.75, 3.05) is 39.8 Å². The Morgan fingerprint density at radius 2 is 1.82 bits per heavy atom. The fourth-order valence-electron chi connectivity index (χ4n) is 3.05. The van der Waals surface area contributed by atoms with E-state index in [-0.39, 0.29) is 18.2 Å². The third-order valence-electron chi connectivity index (χ3n) is 4.69. The van der Waals surface area contributed by atoms with Gasteiger partial charge in [0.2, 0.25) is 5.91 Å². The minimum Gasteiger partial charge on any atom is -0.444 e. The Balaban J connectivity index is 1.42. The summed E-state index contributed by atoms with van der Waals surface area (Å²) >= 11 is 3.14. The first-order valence-corrected chi connectivity index (χ1v) is 10.1. The molecule has 8 heteroatoms. The second kappa shape index (κ2) is 9.86. The lowest BCUT2D eigenvalue weighted by atomic mass is 10.1. The van der Waals surface area contributed by atoms with Gasteiger partial charge < -0.3 is 20.0 Å². The number of halogens is 1. The largest absolute Gasteiger partial charge is 0.444 e. The molecular weight excluding hydrogens is 424 g/mol. The van der Waals surface area contributed by atoms with Gasteiger partial charge in [0.1, 0.15) is 0 Å². The third kappa shape index (κ3) is 6.19. The van der Waals surface area contributed by atoms with Gasteiger partial charge in [0.05, 0.1) is 6.54 Å². The molecule has 1 fully saturated rings. The van der Waals surface area contributed by atoms with Crippen LogP contribution >= 0.6 is 15.9 Å². The lowest BCUT2D eigenvalue weighted by Crippen LogP contribution is -2.43. The van der Waals surface area contributed by atoms with Crippen molar-refractivity contribution in [3.8, 4) is 0 Å². The molecule has 28 heavy (non-hydrogen) atoms. The number of benzene rings is 1. The summed E-state index contributed by atoms with van der Waals surface area (Å²) < 4.78 is 5.63. The molecule has 2 N–H and O–H groups in total. The van der Waals surface area contributed by atoms with E-state index in [9.17, 15) is 9.59 Å². The molecule has 7 nitrogen and oxygen atoms in total. The van der Waals surface area contributed by atoms with Gasteiger partial charge in [-0.3, -0.25) is 14.5 Å². The number of carbonyl (C=O) groups is 2. The molecular formula is C20H25BrN4O3. The van der Waals surface area contributed by atoms with Crippen LogP contribution in [0.25, 0.3) is 0 Å². The number of furan rings is 1. The number of hydrogen-bond donors (Lipinski definition) is 2. The fourth-order valence-corrected chi connectivity index (χ4v) is 3.36. The lowest BCUT2D eigenvalue weighted by Gasteiger charge is -2.32. The molecule has 3 rings (SSSR count).